The molecule has 168 valence electrons. The van der Waals surface area contributed by atoms with Gasteiger partial charge >= 0.3 is 0 Å². The third-order valence-corrected chi connectivity index (χ3v) is 6.46. The second kappa shape index (κ2) is 9.65. The molecule has 0 spiro atoms. The minimum absolute atomic E-state index is 0.0959. The first-order valence-electron chi connectivity index (χ1n) is 11.2. The lowest BCUT2D eigenvalue weighted by Crippen LogP contribution is -2.57. The van der Waals surface area contributed by atoms with Gasteiger partial charge in [-0.2, -0.15) is 0 Å². The van der Waals surface area contributed by atoms with E-state index in [0.29, 0.717) is 12.1 Å². The molecule has 2 heterocycles. The first-order chi connectivity index (χ1) is 16.2. The van der Waals surface area contributed by atoms with Crippen molar-refractivity contribution >= 4 is 28.5 Å². The van der Waals surface area contributed by atoms with Crippen LogP contribution < -0.4 is 15.6 Å². The number of benzene rings is 3. The van der Waals surface area contributed by atoms with Gasteiger partial charge in [0, 0.05) is 36.8 Å². The van der Waals surface area contributed by atoms with Gasteiger partial charge in [-0.15, -0.1) is 0 Å². The maximum Gasteiger partial charge on any atom is 0.251 e. The maximum atomic E-state index is 12.8. The normalized spacial score (nSPS) is 16.2. The quantitative estimate of drug-likeness (QED) is 0.460. The highest BCUT2D eigenvalue weighted by Gasteiger charge is 2.25. The Morgan fingerprint density at radius 3 is 2.76 bits per heavy atom. The molecule has 1 unspecified atom stereocenters. The van der Waals surface area contributed by atoms with Gasteiger partial charge < -0.3 is 15.6 Å². The fourth-order valence-electron chi connectivity index (χ4n) is 4.35. The molecule has 0 aliphatic carbocycles. The Balaban J connectivity index is 1.39. The van der Waals surface area contributed by atoms with E-state index < -0.39 is 0 Å². The zero-order valence-electron chi connectivity index (χ0n) is 18.2. The van der Waals surface area contributed by atoms with Gasteiger partial charge in [-0.05, 0) is 41.8 Å². The molecule has 0 saturated carbocycles. The first-order valence-corrected chi connectivity index (χ1v) is 11.6. The number of piperazine rings is 1. The summed E-state index contributed by atoms with van der Waals surface area (Å²) in [6.07, 6.45) is 2.67. The van der Waals surface area contributed by atoms with Crippen LogP contribution in [0.4, 0.5) is 0 Å². The van der Waals surface area contributed by atoms with Crippen LogP contribution in [-0.2, 0) is 13.0 Å². The number of hydrogen-bond acceptors (Lipinski definition) is 4. The van der Waals surface area contributed by atoms with Gasteiger partial charge in [0.15, 0.2) is 0 Å². The van der Waals surface area contributed by atoms with Crippen molar-refractivity contribution < 1.29 is 4.79 Å². The van der Waals surface area contributed by atoms with Crippen LogP contribution in [-0.4, -0.2) is 41.2 Å². The van der Waals surface area contributed by atoms with Crippen LogP contribution in [0.1, 0.15) is 21.5 Å². The average molecular weight is 460 g/mol. The van der Waals surface area contributed by atoms with Gasteiger partial charge in [0.05, 0.1) is 17.1 Å². The molecule has 1 amide bonds. The molecule has 7 heteroatoms. The van der Waals surface area contributed by atoms with Crippen LogP contribution in [0.3, 0.4) is 0 Å². The topological polar surface area (TPSA) is 62.2 Å². The smallest absolute Gasteiger partial charge is 0.251 e. The Labute approximate surface area is 198 Å². The van der Waals surface area contributed by atoms with Crippen LogP contribution in [0.5, 0.6) is 0 Å². The standard InChI is InChI=1S/C26H26ClN5O/c27-23-9-5-4-8-20(23)14-22-17-28-12-13-31(22)32-18-30-24-11-10-21(15-25(24)32)26(33)29-16-19-6-2-1-3-7-19/h1-11,15,18,22,28H,12-14,16-17H2,(H,29,33). The van der Waals surface area contributed by atoms with Gasteiger partial charge in [0.1, 0.15) is 6.33 Å². The van der Waals surface area contributed by atoms with E-state index in [2.05, 4.69) is 31.4 Å². The summed E-state index contributed by atoms with van der Waals surface area (Å²) in [5.74, 6) is -0.0959. The molecular formula is C26H26ClN5O. The van der Waals surface area contributed by atoms with Crippen molar-refractivity contribution in [3.8, 4) is 0 Å². The number of imidazole rings is 1. The van der Waals surface area contributed by atoms with E-state index in [1.54, 1.807) is 0 Å². The lowest BCUT2D eigenvalue weighted by Gasteiger charge is -2.38. The lowest BCUT2D eigenvalue weighted by molar-refractivity contribution is 0.0951. The molecule has 0 radical (unpaired) electrons. The van der Waals surface area contributed by atoms with Crippen LogP contribution >= 0.6 is 11.6 Å². The minimum atomic E-state index is -0.0959. The summed E-state index contributed by atoms with van der Waals surface area (Å²) in [6.45, 7) is 3.07. The van der Waals surface area contributed by atoms with Crippen LogP contribution in [0.2, 0.25) is 5.02 Å². The number of fused-ring (bicyclic) bond motifs is 1. The van der Waals surface area contributed by atoms with E-state index in [4.69, 9.17) is 11.6 Å². The van der Waals surface area contributed by atoms with E-state index in [-0.39, 0.29) is 11.9 Å². The number of hydrogen-bond donors (Lipinski definition) is 2. The molecule has 1 saturated heterocycles. The predicted molar refractivity (Wildman–Crippen MR) is 132 cm³/mol. The van der Waals surface area contributed by atoms with Crippen molar-refractivity contribution in [1.82, 2.24) is 20.3 Å². The fraction of sp³-hybridized carbons (Fsp3) is 0.231. The molecule has 1 atom stereocenters. The Morgan fingerprint density at radius 2 is 1.91 bits per heavy atom. The van der Waals surface area contributed by atoms with Crippen LogP contribution in [0.25, 0.3) is 11.0 Å². The lowest BCUT2D eigenvalue weighted by atomic mass is 10.0. The van der Waals surface area contributed by atoms with Gasteiger partial charge in [0.25, 0.3) is 5.91 Å². The SMILES string of the molecule is O=C(NCc1ccccc1)c1ccc2ncn(N3CCNCC3Cc3ccccc3Cl)c2c1. The number of carbonyl (C=O) groups excluding carboxylic acids is 1. The van der Waals surface area contributed by atoms with Crippen molar-refractivity contribution in [2.75, 3.05) is 24.6 Å². The molecule has 1 aromatic heterocycles. The summed E-state index contributed by atoms with van der Waals surface area (Å²) in [4.78, 5) is 17.4. The number of carbonyl (C=O) groups is 1. The number of nitrogens with zero attached hydrogens (tertiary/aromatic N) is 3. The zero-order chi connectivity index (χ0) is 22.6. The van der Waals surface area contributed by atoms with Crippen molar-refractivity contribution in [3.05, 3.63) is 101 Å². The summed E-state index contributed by atoms with van der Waals surface area (Å²) in [6, 6.07) is 23.8. The van der Waals surface area contributed by atoms with Gasteiger partial charge in [0.2, 0.25) is 0 Å². The molecule has 6 nitrogen and oxygen atoms in total. The van der Waals surface area contributed by atoms with Crippen molar-refractivity contribution in [1.29, 1.82) is 0 Å². The van der Waals surface area contributed by atoms with E-state index in [1.165, 1.54) is 0 Å². The molecule has 0 bridgehead atoms. The number of halogens is 1. The van der Waals surface area contributed by atoms with E-state index in [9.17, 15) is 4.79 Å². The van der Waals surface area contributed by atoms with Gasteiger partial charge in [-0.3, -0.25) is 4.79 Å². The molecule has 1 aliphatic rings. The average Bonchev–Trinajstić information content (AvgIpc) is 3.28. The minimum Gasteiger partial charge on any atom is -0.348 e. The van der Waals surface area contributed by atoms with Crippen molar-refractivity contribution in [3.63, 3.8) is 0 Å². The highest BCUT2D eigenvalue weighted by Crippen LogP contribution is 2.22. The third-order valence-electron chi connectivity index (χ3n) is 6.10. The van der Waals surface area contributed by atoms with Gasteiger partial charge in [-0.25, -0.2) is 9.66 Å². The summed E-state index contributed by atoms with van der Waals surface area (Å²) in [5, 5.41) is 9.61. The summed E-state index contributed by atoms with van der Waals surface area (Å²) < 4.78 is 2.09. The third kappa shape index (κ3) is 4.72. The molecular weight excluding hydrogens is 434 g/mol. The predicted octanol–water partition coefficient (Wildman–Crippen LogP) is 3.77. The highest BCUT2D eigenvalue weighted by atomic mass is 35.5. The molecule has 1 aliphatic heterocycles. The molecule has 3 aromatic carbocycles. The second-order valence-corrected chi connectivity index (χ2v) is 8.68. The van der Waals surface area contributed by atoms with E-state index in [0.717, 1.165) is 53.2 Å². The number of rotatable bonds is 6. The Kier molecular flexibility index (Phi) is 6.28. The highest BCUT2D eigenvalue weighted by molar-refractivity contribution is 6.31. The summed E-state index contributed by atoms with van der Waals surface area (Å²) in [7, 11) is 0. The summed E-state index contributed by atoms with van der Waals surface area (Å²) in [5.41, 5.74) is 4.61. The Morgan fingerprint density at radius 1 is 1.09 bits per heavy atom. The van der Waals surface area contributed by atoms with Crippen molar-refractivity contribution in [2.24, 2.45) is 0 Å². The van der Waals surface area contributed by atoms with Crippen molar-refractivity contribution in [2.45, 2.75) is 19.0 Å². The molecule has 2 N–H and O–H groups in total. The number of aromatic nitrogens is 2. The van der Waals surface area contributed by atoms with E-state index in [1.807, 2.05) is 73.1 Å². The monoisotopic (exact) mass is 459 g/mol. The first kappa shape index (κ1) is 21.5. The Bertz CT molecular complexity index is 1260. The van der Waals surface area contributed by atoms with Gasteiger partial charge in [-0.1, -0.05) is 60.1 Å². The summed E-state index contributed by atoms with van der Waals surface area (Å²) >= 11 is 6.44. The molecule has 1 fully saturated rings. The zero-order valence-corrected chi connectivity index (χ0v) is 19.0. The Hall–Kier alpha value is -3.35. The maximum absolute atomic E-state index is 12.8. The largest absolute Gasteiger partial charge is 0.348 e. The van der Waals surface area contributed by atoms with Crippen LogP contribution in [0, 0.1) is 0 Å². The van der Waals surface area contributed by atoms with E-state index >= 15 is 0 Å². The fourth-order valence-corrected chi connectivity index (χ4v) is 4.56. The second-order valence-electron chi connectivity index (χ2n) is 8.28. The van der Waals surface area contributed by atoms with Crippen LogP contribution in [0.15, 0.2) is 79.1 Å². The molecule has 5 rings (SSSR count). The molecule has 33 heavy (non-hydrogen) atoms. The molecule has 4 aromatic rings. The number of nitrogens with one attached hydrogen (secondary N) is 2. The number of amides is 1.